The Morgan fingerprint density at radius 3 is 2.89 bits per heavy atom. The maximum Gasteiger partial charge on any atom is 0.286 e. The van der Waals surface area contributed by atoms with Crippen molar-refractivity contribution >= 4 is 39.9 Å². The molecular weight excluding hydrogens is 248 g/mol. The van der Waals surface area contributed by atoms with Crippen molar-refractivity contribution < 1.29 is 4.79 Å². The summed E-state index contributed by atoms with van der Waals surface area (Å²) < 4.78 is 0. The first-order valence-electron chi connectivity index (χ1n) is 5.22. The average molecular weight is 256 g/mol. The molecule has 0 radical (unpaired) electrons. The van der Waals surface area contributed by atoms with E-state index in [-0.39, 0.29) is 11.1 Å². The van der Waals surface area contributed by atoms with Crippen LogP contribution in [-0.2, 0) is 4.79 Å². The number of carbonyl (C=O) groups is 1. The minimum atomic E-state index is -0.314. The summed E-state index contributed by atoms with van der Waals surface area (Å²) in [7, 11) is 0. The molecule has 2 N–H and O–H groups in total. The Morgan fingerprint density at radius 2 is 2.11 bits per heavy atom. The van der Waals surface area contributed by atoms with Gasteiger partial charge in [0.2, 0.25) is 0 Å². The fourth-order valence-corrected chi connectivity index (χ4v) is 2.28. The predicted molar refractivity (Wildman–Crippen MR) is 71.7 cm³/mol. The van der Waals surface area contributed by atoms with Crippen molar-refractivity contribution in [1.82, 2.24) is 9.97 Å². The van der Waals surface area contributed by atoms with Gasteiger partial charge in [-0.05, 0) is 42.1 Å². The lowest BCUT2D eigenvalue weighted by atomic mass is 10.2. The number of fused-ring (bicyclic) bond motifs is 1. The van der Waals surface area contributed by atoms with Crippen LogP contribution in [-0.4, -0.2) is 21.0 Å². The highest BCUT2D eigenvalue weighted by atomic mass is 32.2. The molecule has 0 saturated carbocycles. The molecule has 0 spiro atoms. The van der Waals surface area contributed by atoms with Crippen molar-refractivity contribution in [2.75, 3.05) is 0 Å². The zero-order chi connectivity index (χ0) is 12.5. The van der Waals surface area contributed by atoms with Crippen LogP contribution in [0.25, 0.3) is 17.1 Å². The summed E-state index contributed by atoms with van der Waals surface area (Å²) in [5.41, 5.74) is 7.78. The van der Waals surface area contributed by atoms with Crippen molar-refractivity contribution in [1.29, 1.82) is 0 Å². The summed E-state index contributed by atoms with van der Waals surface area (Å²) >= 11 is 1.16. The maximum absolute atomic E-state index is 11.5. The van der Waals surface area contributed by atoms with Crippen molar-refractivity contribution in [3.8, 4) is 0 Å². The van der Waals surface area contributed by atoms with Gasteiger partial charge in [0.1, 0.15) is 0 Å². The number of pyridine rings is 2. The second-order valence-electron chi connectivity index (χ2n) is 3.64. The molecule has 0 unspecified atom stereocenters. The molecule has 3 rings (SSSR count). The smallest absolute Gasteiger partial charge is 0.286 e. The lowest BCUT2D eigenvalue weighted by Gasteiger charge is -1.98. The second-order valence-corrected chi connectivity index (χ2v) is 4.71. The number of carbonyl (C=O) groups excluding carboxylic acids is 1. The van der Waals surface area contributed by atoms with Crippen LogP contribution < -0.4 is 5.73 Å². The lowest BCUT2D eigenvalue weighted by molar-refractivity contribution is -0.113. The largest absolute Gasteiger partial charge is 0.378 e. The molecule has 88 valence electrons. The van der Waals surface area contributed by atoms with E-state index in [1.807, 2.05) is 24.3 Å². The Kier molecular flexibility index (Phi) is 2.56. The molecule has 0 bridgehead atoms. The van der Waals surface area contributed by atoms with Crippen molar-refractivity contribution in [2.24, 2.45) is 10.7 Å². The van der Waals surface area contributed by atoms with Crippen LogP contribution >= 0.6 is 11.8 Å². The molecule has 2 aromatic rings. The molecule has 2 aromatic heterocycles. The molecule has 0 saturated heterocycles. The summed E-state index contributed by atoms with van der Waals surface area (Å²) in [6.45, 7) is 0. The van der Waals surface area contributed by atoms with E-state index < -0.39 is 0 Å². The van der Waals surface area contributed by atoms with Crippen molar-refractivity contribution in [2.45, 2.75) is 0 Å². The van der Waals surface area contributed by atoms with E-state index >= 15 is 0 Å². The number of aliphatic imine (C=N–C) groups is 1. The molecule has 0 fully saturated rings. The Bertz CT molecular complexity index is 708. The van der Waals surface area contributed by atoms with Crippen molar-refractivity contribution in [3.05, 3.63) is 41.1 Å². The SMILES string of the molecule is NC1=NC(=O)/C(=C\c2ccc3ncccc3n2)S1. The van der Waals surface area contributed by atoms with Gasteiger partial charge in [-0.2, -0.15) is 4.99 Å². The third kappa shape index (κ3) is 1.98. The summed E-state index contributed by atoms with van der Waals surface area (Å²) in [6.07, 6.45) is 3.40. The van der Waals surface area contributed by atoms with Gasteiger partial charge < -0.3 is 5.73 Å². The van der Waals surface area contributed by atoms with Gasteiger partial charge >= 0.3 is 0 Å². The zero-order valence-corrected chi connectivity index (χ0v) is 10.0. The second kappa shape index (κ2) is 4.23. The highest BCUT2D eigenvalue weighted by Crippen LogP contribution is 2.26. The molecule has 6 heteroatoms. The van der Waals surface area contributed by atoms with Gasteiger partial charge in [0.15, 0.2) is 5.17 Å². The molecule has 18 heavy (non-hydrogen) atoms. The van der Waals surface area contributed by atoms with Crippen LogP contribution in [0.15, 0.2) is 40.4 Å². The first-order valence-corrected chi connectivity index (χ1v) is 6.04. The summed E-state index contributed by atoms with van der Waals surface area (Å²) in [6, 6.07) is 7.37. The summed E-state index contributed by atoms with van der Waals surface area (Å²) in [4.78, 5) is 24.2. The van der Waals surface area contributed by atoms with Crippen LogP contribution in [0.1, 0.15) is 5.69 Å². The number of aromatic nitrogens is 2. The topological polar surface area (TPSA) is 81.2 Å². The fourth-order valence-electron chi connectivity index (χ4n) is 1.61. The van der Waals surface area contributed by atoms with Crippen LogP contribution in [0.3, 0.4) is 0 Å². The Morgan fingerprint density at radius 1 is 1.22 bits per heavy atom. The standard InChI is InChI=1S/C12H8N4OS/c13-12-16-11(17)10(18-12)6-7-3-4-8-9(15-7)2-1-5-14-8/h1-6H,(H2,13,16,17)/b10-6+. The Hall–Kier alpha value is -2.21. The average Bonchev–Trinajstić information content (AvgIpc) is 2.68. The molecule has 3 heterocycles. The lowest BCUT2D eigenvalue weighted by Crippen LogP contribution is -2.01. The van der Waals surface area contributed by atoms with Gasteiger partial charge in [-0.1, -0.05) is 0 Å². The number of nitrogens with zero attached hydrogens (tertiary/aromatic N) is 3. The zero-order valence-electron chi connectivity index (χ0n) is 9.20. The number of thioether (sulfide) groups is 1. The molecule has 1 amide bonds. The van der Waals surface area contributed by atoms with Gasteiger partial charge in [-0.25, -0.2) is 4.98 Å². The number of amidine groups is 1. The van der Waals surface area contributed by atoms with E-state index in [0.717, 1.165) is 22.8 Å². The Balaban J connectivity index is 2.01. The molecule has 1 aliphatic heterocycles. The van der Waals surface area contributed by atoms with E-state index in [0.29, 0.717) is 10.6 Å². The van der Waals surface area contributed by atoms with E-state index in [2.05, 4.69) is 15.0 Å². The molecule has 0 aromatic carbocycles. The normalized spacial score (nSPS) is 17.4. The first-order chi connectivity index (χ1) is 8.72. The molecular formula is C12H8N4OS. The van der Waals surface area contributed by atoms with E-state index in [1.54, 1.807) is 12.3 Å². The number of amides is 1. The minimum absolute atomic E-state index is 0.272. The third-order valence-electron chi connectivity index (χ3n) is 2.39. The third-order valence-corrected chi connectivity index (χ3v) is 3.21. The van der Waals surface area contributed by atoms with E-state index in [1.165, 1.54) is 0 Å². The summed E-state index contributed by atoms with van der Waals surface area (Å²) in [5, 5.41) is 0.272. The number of hydrogen-bond acceptors (Lipinski definition) is 5. The van der Waals surface area contributed by atoms with Crippen LogP contribution in [0.2, 0.25) is 0 Å². The number of nitrogens with two attached hydrogens (primary N) is 1. The number of rotatable bonds is 1. The van der Waals surface area contributed by atoms with Crippen LogP contribution in [0, 0.1) is 0 Å². The highest BCUT2D eigenvalue weighted by molar-refractivity contribution is 8.18. The minimum Gasteiger partial charge on any atom is -0.378 e. The fraction of sp³-hybridized carbons (Fsp3) is 0. The number of hydrogen-bond donors (Lipinski definition) is 1. The predicted octanol–water partition coefficient (Wildman–Crippen LogP) is 1.56. The molecule has 0 aliphatic carbocycles. The van der Waals surface area contributed by atoms with E-state index in [4.69, 9.17) is 5.73 Å². The quantitative estimate of drug-likeness (QED) is 0.783. The van der Waals surface area contributed by atoms with Gasteiger partial charge in [-0.15, -0.1) is 0 Å². The summed E-state index contributed by atoms with van der Waals surface area (Å²) in [5.74, 6) is -0.314. The molecule has 1 aliphatic rings. The Labute approximate surface area is 107 Å². The molecule has 0 atom stereocenters. The van der Waals surface area contributed by atoms with Gasteiger partial charge in [-0.3, -0.25) is 9.78 Å². The van der Waals surface area contributed by atoms with Crippen molar-refractivity contribution in [3.63, 3.8) is 0 Å². The van der Waals surface area contributed by atoms with Gasteiger partial charge in [0, 0.05) is 6.20 Å². The van der Waals surface area contributed by atoms with Gasteiger partial charge in [0.05, 0.1) is 21.6 Å². The maximum atomic E-state index is 11.5. The van der Waals surface area contributed by atoms with Crippen LogP contribution in [0.4, 0.5) is 0 Å². The van der Waals surface area contributed by atoms with Crippen LogP contribution in [0.5, 0.6) is 0 Å². The first kappa shape index (κ1) is 10.9. The van der Waals surface area contributed by atoms with Gasteiger partial charge in [0.25, 0.3) is 5.91 Å². The highest BCUT2D eigenvalue weighted by Gasteiger charge is 2.19. The monoisotopic (exact) mass is 256 g/mol. The van der Waals surface area contributed by atoms with E-state index in [9.17, 15) is 4.79 Å². The molecule has 5 nitrogen and oxygen atoms in total.